The summed E-state index contributed by atoms with van der Waals surface area (Å²) in [5.74, 6) is -1.12. The number of carbonyl (C=O) groups excluding carboxylic acids is 1. The molecule has 0 aliphatic heterocycles. The first-order valence-corrected chi connectivity index (χ1v) is 13.9. The second-order valence-corrected chi connectivity index (χ2v) is 11.9. The van der Waals surface area contributed by atoms with Crippen LogP contribution in [0, 0.1) is 11.8 Å². The summed E-state index contributed by atoms with van der Waals surface area (Å²) < 4.78 is 59.8. The molecule has 6 unspecified atom stereocenters. The number of hydrogen-bond acceptors (Lipinski definition) is 6. The van der Waals surface area contributed by atoms with Crippen molar-refractivity contribution < 1.29 is 42.4 Å². The zero-order valence-corrected chi connectivity index (χ0v) is 25.0. The van der Waals surface area contributed by atoms with Gasteiger partial charge < -0.3 is 24.4 Å². The minimum atomic E-state index is -4.88. The standard InChI is InChI=1S/C29H51F3O6/c1-12-27(13-2,37-19(7)25(9,10)34)22-16-21(36-24(33)18(5)6)17-23(22)28(14-3,15-4)38-20(8)26(11,35)29(30,31)32/h19-23,34-35H,5,12-17H2,1-4,6-11H3. The van der Waals surface area contributed by atoms with E-state index in [-0.39, 0.29) is 17.4 Å². The summed E-state index contributed by atoms with van der Waals surface area (Å²) in [6.45, 7) is 20.1. The van der Waals surface area contributed by atoms with E-state index in [0.717, 1.165) is 6.92 Å². The third-order valence-electron chi connectivity index (χ3n) is 9.07. The van der Waals surface area contributed by atoms with Gasteiger partial charge in [-0.2, -0.15) is 13.2 Å². The molecule has 1 saturated carbocycles. The molecule has 0 saturated heterocycles. The highest BCUT2D eigenvalue weighted by molar-refractivity contribution is 5.87. The van der Waals surface area contributed by atoms with Crippen molar-refractivity contribution in [1.29, 1.82) is 0 Å². The van der Waals surface area contributed by atoms with E-state index in [0.29, 0.717) is 38.5 Å². The van der Waals surface area contributed by atoms with Crippen LogP contribution in [0.3, 0.4) is 0 Å². The second-order valence-electron chi connectivity index (χ2n) is 11.9. The van der Waals surface area contributed by atoms with Crippen LogP contribution in [-0.2, 0) is 19.0 Å². The Balaban J connectivity index is 3.65. The first kappa shape index (κ1) is 34.9. The lowest BCUT2D eigenvalue weighted by molar-refractivity contribution is -0.306. The highest BCUT2D eigenvalue weighted by Gasteiger charge is 2.60. The number of carbonyl (C=O) groups is 1. The summed E-state index contributed by atoms with van der Waals surface area (Å²) in [6.07, 6.45) is -4.76. The highest BCUT2D eigenvalue weighted by atomic mass is 19.4. The molecule has 1 aliphatic carbocycles. The Morgan fingerprint density at radius 2 is 1.24 bits per heavy atom. The Bertz CT molecular complexity index is 793. The van der Waals surface area contributed by atoms with Gasteiger partial charge in [-0.3, -0.25) is 0 Å². The lowest BCUT2D eigenvalue weighted by atomic mass is 9.68. The van der Waals surface area contributed by atoms with Crippen LogP contribution in [0.2, 0.25) is 0 Å². The van der Waals surface area contributed by atoms with Crippen molar-refractivity contribution in [1.82, 2.24) is 0 Å². The van der Waals surface area contributed by atoms with Crippen molar-refractivity contribution in [3.05, 3.63) is 12.2 Å². The summed E-state index contributed by atoms with van der Waals surface area (Å²) in [5.41, 5.74) is -5.74. The Morgan fingerprint density at radius 3 is 1.53 bits per heavy atom. The smallest absolute Gasteiger partial charge is 0.419 e. The van der Waals surface area contributed by atoms with Gasteiger partial charge in [0, 0.05) is 5.57 Å². The normalized spacial score (nSPS) is 24.6. The van der Waals surface area contributed by atoms with Gasteiger partial charge in [-0.15, -0.1) is 0 Å². The summed E-state index contributed by atoms with van der Waals surface area (Å²) in [5, 5.41) is 21.0. The molecule has 2 N–H and O–H groups in total. The van der Waals surface area contributed by atoms with E-state index < -0.39 is 52.9 Å². The van der Waals surface area contributed by atoms with Gasteiger partial charge in [-0.25, -0.2) is 4.79 Å². The van der Waals surface area contributed by atoms with Crippen molar-refractivity contribution in [2.45, 2.75) is 155 Å². The average Bonchev–Trinajstić information content (AvgIpc) is 3.23. The molecule has 0 radical (unpaired) electrons. The number of halogens is 3. The molecule has 0 heterocycles. The maximum absolute atomic E-state index is 13.7. The van der Waals surface area contributed by atoms with Crippen molar-refractivity contribution in [2.24, 2.45) is 11.8 Å². The largest absolute Gasteiger partial charge is 0.459 e. The van der Waals surface area contributed by atoms with Crippen LogP contribution in [0.15, 0.2) is 12.2 Å². The first-order chi connectivity index (χ1) is 17.2. The number of alkyl halides is 3. The predicted molar refractivity (Wildman–Crippen MR) is 142 cm³/mol. The summed E-state index contributed by atoms with van der Waals surface area (Å²) in [4.78, 5) is 12.4. The van der Waals surface area contributed by atoms with Crippen LogP contribution in [0.1, 0.15) is 108 Å². The Morgan fingerprint density at radius 1 is 0.868 bits per heavy atom. The lowest BCUT2D eigenvalue weighted by Crippen LogP contribution is -2.58. The molecular formula is C29H51F3O6. The number of esters is 1. The molecule has 0 amide bonds. The van der Waals surface area contributed by atoms with Gasteiger partial charge >= 0.3 is 12.1 Å². The van der Waals surface area contributed by atoms with Gasteiger partial charge in [0.25, 0.3) is 0 Å². The molecule has 0 aromatic heterocycles. The number of hydrogen-bond donors (Lipinski definition) is 2. The lowest BCUT2D eigenvalue weighted by Gasteiger charge is -2.50. The number of ether oxygens (including phenoxy) is 3. The monoisotopic (exact) mass is 552 g/mol. The second kappa shape index (κ2) is 12.6. The zero-order chi connectivity index (χ0) is 29.9. The van der Waals surface area contributed by atoms with Crippen LogP contribution >= 0.6 is 0 Å². The van der Waals surface area contributed by atoms with Gasteiger partial charge in [-0.1, -0.05) is 34.3 Å². The Hall–Kier alpha value is -1.16. The quantitative estimate of drug-likeness (QED) is 0.189. The summed E-state index contributed by atoms with van der Waals surface area (Å²) in [7, 11) is 0. The van der Waals surface area contributed by atoms with E-state index in [1.165, 1.54) is 6.92 Å². The molecule has 0 aromatic carbocycles. The van der Waals surface area contributed by atoms with Gasteiger partial charge in [0.05, 0.1) is 29.0 Å². The average molecular weight is 553 g/mol. The Labute approximate surface area is 227 Å². The topological polar surface area (TPSA) is 85.2 Å². The summed E-state index contributed by atoms with van der Waals surface area (Å²) >= 11 is 0. The molecule has 6 nitrogen and oxygen atoms in total. The van der Waals surface area contributed by atoms with Crippen LogP contribution in [0.25, 0.3) is 0 Å². The molecule has 38 heavy (non-hydrogen) atoms. The van der Waals surface area contributed by atoms with E-state index in [2.05, 4.69) is 6.58 Å². The van der Waals surface area contributed by atoms with Crippen LogP contribution in [-0.4, -0.2) is 63.1 Å². The molecule has 0 spiro atoms. The Kier molecular flexibility index (Phi) is 11.5. The molecule has 0 bridgehead atoms. The maximum Gasteiger partial charge on any atom is 0.419 e. The minimum absolute atomic E-state index is 0.256. The molecule has 9 heteroatoms. The maximum atomic E-state index is 13.7. The first-order valence-electron chi connectivity index (χ1n) is 13.9. The fourth-order valence-corrected chi connectivity index (χ4v) is 5.75. The van der Waals surface area contributed by atoms with Crippen LogP contribution < -0.4 is 0 Å². The van der Waals surface area contributed by atoms with Crippen molar-refractivity contribution in [3.63, 3.8) is 0 Å². The molecule has 0 aromatic rings. The third kappa shape index (κ3) is 7.32. The van der Waals surface area contributed by atoms with Gasteiger partial charge in [0.1, 0.15) is 6.10 Å². The predicted octanol–water partition coefficient (Wildman–Crippen LogP) is 6.51. The van der Waals surface area contributed by atoms with Gasteiger partial charge in [0.15, 0.2) is 5.60 Å². The molecule has 224 valence electrons. The highest BCUT2D eigenvalue weighted by Crippen LogP contribution is 2.54. The number of aliphatic hydroxyl groups is 2. The molecule has 6 atom stereocenters. The van der Waals surface area contributed by atoms with E-state index in [1.54, 1.807) is 27.7 Å². The molecule has 1 aliphatic rings. The fourth-order valence-electron chi connectivity index (χ4n) is 5.75. The molecule has 1 fully saturated rings. The third-order valence-corrected chi connectivity index (χ3v) is 9.07. The number of rotatable bonds is 14. The van der Waals surface area contributed by atoms with E-state index in [9.17, 15) is 28.2 Å². The van der Waals surface area contributed by atoms with Crippen molar-refractivity contribution in [2.75, 3.05) is 0 Å². The van der Waals surface area contributed by atoms with E-state index in [1.807, 2.05) is 27.7 Å². The molecule has 1 rings (SSSR count). The van der Waals surface area contributed by atoms with E-state index in [4.69, 9.17) is 14.2 Å². The van der Waals surface area contributed by atoms with E-state index >= 15 is 0 Å². The van der Waals surface area contributed by atoms with Crippen molar-refractivity contribution >= 4 is 5.97 Å². The minimum Gasteiger partial charge on any atom is -0.459 e. The van der Waals surface area contributed by atoms with Crippen molar-refractivity contribution in [3.8, 4) is 0 Å². The SMILES string of the molecule is C=C(C)C(=O)OC1CC(C(CC)(CC)OC(C)C(C)(C)O)C(C(CC)(CC)OC(C)C(C)(O)C(F)(F)F)C1. The van der Waals surface area contributed by atoms with Crippen LogP contribution in [0.5, 0.6) is 0 Å². The fraction of sp³-hybridized carbons (Fsp3) is 0.897. The van der Waals surface area contributed by atoms with Gasteiger partial charge in [-0.05, 0) is 91.9 Å². The molecular weight excluding hydrogens is 501 g/mol. The van der Waals surface area contributed by atoms with Crippen LogP contribution in [0.4, 0.5) is 13.2 Å². The summed E-state index contributed by atoms with van der Waals surface area (Å²) in [6, 6.07) is 0. The zero-order valence-electron chi connectivity index (χ0n) is 25.0. The van der Waals surface area contributed by atoms with Gasteiger partial charge in [0.2, 0.25) is 0 Å².